The molecular weight excluding hydrogens is 384 g/mol. The van der Waals surface area contributed by atoms with Gasteiger partial charge in [0.2, 0.25) is 5.60 Å². The second kappa shape index (κ2) is 7.86. The first kappa shape index (κ1) is 20.0. The van der Waals surface area contributed by atoms with Gasteiger partial charge in [0.1, 0.15) is 5.69 Å². The monoisotopic (exact) mass is 406 g/mol. The summed E-state index contributed by atoms with van der Waals surface area (Å²) in [6, 6.07) is 7.09. The first-order valence-electron chi connectivity index (χ1n) is 9.71. The molecule has 154 valence electrons. The number of rotatable bonds is 4. The van der Waals surface area contributed by atoms with Crippen molar-refractivity contribution < 1.29 is 19.4 Å². The summed E-state index contributed by atoms with van der Waals surface area (Å²) in [5, 5.41) is 10.5. The number of benzene rings is 1. The maximum Gasteiger partial charge on any atom is 0.267 e. The second-order valence-electron chi connectivity index (χ2n) is 7.71. The highest BCUT2D eigenvalue weighted by atomic mass is 16.5. The van der Waals surface area contributed by atoms with E-state index in [1.165, 1.54) is 4.90 Å². The lowest BCUT2D eigenvalue weighted by molar-refractivity contribution is -0.137. The van der Waals surface area contributed by atoms with Gasteiger partial charge < -0.3 is 20.5 Å². The number of hydrogen-bond acceptors (Lipinski definition) is 6. The minimum absolute atomic E-state index is 0.206. The van der Waals surface area contributed by atoms with Crippen LogP contribution in [0.1, 0.15) is 28.0 Å². The van der Waals surface area contributed by atoms with Crippen molar-refractivity contribution in [1.29, 1.82) is 0 Å². The third-order valence-corrected chi connectivity index (χ3v) is 5.36. The summed E-state index contributed by atoms with van der Waals surface area (Å²) in [6.07, 6.45) is 2.55. The summed E-state index contributed by atoms with van der Waals surface area (Å²) in [4.78, 5) is 34.2. The van der Waals surface area contributed by atoms with E-state index < -0.39 is 17.4 Å². The zero-order valence-electron chi connectivity index (χ0n) is 16.6. The largest absolute Gasteiger partial charge is 0.381 e. The first-order valence-corrected chi connectivity index (χ1v) is 9.71. The number of ether oxygens (including phenoxy) is 1. The van der Waals surface area contributed by atoms with Gasteiger partial charge in [-0.2, -0.15) is 0 Å². The molecule has 0 aliphatic carbocycles. The van der Waals surface area contributed by atoms with E-state index in [4.69, 9.17) is 10.5 Å². The molecular formula is C22H22N4O4. The minimum Gasteiger partial charge on any atom is -0.381 e. The van der Waals surface area contributed by atoms with Crippen LogP contribution in [-0.4, -0.2) is 64.2 Å². The molecule has 4 rings (SSSR count). The van der Waals surface area contributed by atoms with Crippen LogP contribution in [0, 0.1) is 17.8 Å². The third kappa shape index (κ3) is 3.90. The molecule has 0 saturated carbocycles. The van der Waals surface area contributed by atoms with E-state index in [9.17, 15) is 14.7 Å². The number of likely N-dealkylation sites (tertiary alicyclic amines) is 1. The van der Waals surface area contributed by atoms with Gasteiger partial charge in [0.15, 0.2) is 5.82 Å². The maximum absolute atomic E-state index is 12.1. The summed E-state index contributed by atoms with van der Waals surface area (Å²) in [5.74, 6) is 5.27. The summed E-state index contributed by atoms with van der Waals surface area (Å²) in [5.41, 5.74) is 6.05. The molecule has 2 aliphatic heterocycles. The predicted molar refractivity (Wildman–Crippen MR) is 108 cm³/mol. The van der Waals surface area contributed by atoms with Gasteiger partial charge in [-0.3, -0.25) is 9.59 Å². The van der Waals surface area contributed by atoms with E-state index in [1.54, 1.807) is 37.5 Å². The van der Waals surface area contributed by atoms with Gasteiger partial charge in [-0.25, -0.2) is 9.97 Å². The van der Waals surface area contributed by atoms with Crippen molar-refractivity contribution in [2.75, 3.05) is 26.8 Å². The van der Waals surface area contributed by atoms with Gasteiger partial charge >= 0.3 is 0 Å². The van der Waals surface area contributed by atoms with E-state index in [-0.39, 0.29) is 12.1 Å². The number of nitrogens with two attached hydrogens (primary N) is 1. The topological polar surface area (TPSA) is 119 Å². The molecule has 1 aromatic heterocycles. The standard InChI is InChI=1S/C22H22N4O4/c1-26-8-7-22(29,21(26)28)6-5-14-3-2-4-16(9-14)20-24-11-17(10-15-12-30-13-15)18(25-20)19(23)27/h2-4,9,11,15,29H,7-8,10,12-13H2,1H3,(H2,23,27)/t22-/m0/s1. The van der Waals surface area contributed by atoms with Crippen LogP contribution >= 0.6 is 0 Å². The lowest BCUT2D eigenvalue weighted by Crippen LogP contribution is -2.37. The van der Waals surface area contributed by atoms with Crippen LogP contribution in [0.4, 0.5) is 0 Å². The molecule has 8 heteroatoms. The van der Waals surface area contributed by atoms with E-state index in [0.717, 1.165) is 0 Å². The average molecular weight is 406 g/mol. The molecule has 3 heterocycles. The van der Waals surface area contributed by atoms with Gasteiger partial charge in [0, 0.05) is 48.8 Å². The summed E-state index contributed by atoms with van der Waals surface area (Å²) < 4.78 is 5.18. The van der Waals surface area contributed by atoms with Crippen molar-refractivity contribution >= 4 is 11.8 Å². The Morgan fingerprint density at radius 3 is 2.87 bits per heavy atom. The lowest BCUT2D eigenvalue weighted by atomic mass is 9.97. The Bertz CT molecular complexity index is 1070. The molecule has 2 fully saturated rings. The molecule has 0 bridgehead atoms. The van der Waals surface area contributed by atoms with Crippen LogP contribution < -0.4 is 5.73 Å². The van der Waals surface area contributed by atoms with Crippen LogP contribution in [0.5, 0.6) is 0 Å². The number of hydrogen-bond donors (Lipinski definition) is 2. The summed E-state index contributed by atoms with van der Waals surface area (Å²) in [6.45, 7) is 1.78. The molecule has 1 aromatic carbocycles. The highest BCUT2D eigenvalue weighted by Gasteiger charge is 2.42. The Morgan fingerprint density at radius 2 is 2.23 bits per heavy atom. The van der Waals surface area contributed by atoms with Crippen molar-refractivity contribution in [3.8, 4) is 23.2 Å². The highest BCUT2D eigenvalue weighted by molar-refractivity contribution is 5.92. The van der Waals surface area contributed by atoms with Crippen molar-refractivity contribution in [3.05, 3.63) is 47.3 Å². The number of likely N-dealkylation sites (N-methyl/N-ethyl adjacent to an activating group) is 1. The fourth-order valence-corrected chi connectivity index (χ4v) is 3.50. The molecule has 0 spiro atoms. The molecule has 2 aromatic rings. The normalized spacial score (nSPS) is 21.1. The SMILES string of the molecule is CN1CC[C@@](O)(C#Cc2cccc(-c3ncc(CC4COC4)c(C(N)=O)n3)c2)C1=O. The van der Waals surface area contributed by atoms with Crippen LogP contribution in [0.25, 0.3) is 11.4 Å². The molecule has 0 unspecified atom stereocenters. The van der Waals surface area contributed by atoms with Crippen LogP contribution in [0.15, 0.2) is 30.5 Å². The number of aromatic nitrogens is 2. The fourth-order valence-electron chi connectivity index (χ4n) is 3.50. The molecule has 2 amide bonds. The highest BCUT2D eigenvalue weighted by Crippen LogP contribution is 2.23. The third-order valence-electron chi connectivity index (χ3n) is 5.36. The second-order valence-corrected chi connectivity index (χ2v) is 7.71. The molecule has 2 saturated heterocycles. The van der Waals surface area contributed by atoms with Gasteiger partial charge in [0.25, 0.3) is 11.8 Å². The van der Waals surface area contributed by atoms with Gasteiger partial charge in [-0.15, -0.1) is 0 Å². The van der Waals surface area contributed by atoms with Crippen molar-refractivity contribution in [3.63, 3.8) is 0 Å². The lowest BCUT2D eigenvalue weighted by Gasteiger charge is -2.26. The quantitative estimate of drug-likeness (QED) is 0.709. The predicted octanol–water partition coefficient (Wildman–Crippen LogP) is 0.376. The summed E-state index contributed by atoms with van der Waals surface area (Å²) >= 11 is 0. The number of aliphatic hydroxyl groups is 1. The number of amides is 2. The van der Waals surface area contributed by atoms with Crippen molar-refractivity contribution in [1.82, 2.24) is 14.9 Å². The Balaban J connectivity index is 1.61. The molecule has 8 nitrogen and oxygen atoms in total. The number of carbonyl (C=O) groups is 2. The molecule has 1 atom stereocenters. The van der Waals surface area contributed by atoms with Crippen molar-refractivity contribution in [2.24, 2.45) is 11.7 Å². The summed E-state index contributed by atoms with van der Waals surface area (Å²) in [7, 11) is 1.64. The maximum atomic E-state index is 12.1. The first-order chi connectivity index (χ1) is 14.4. The minimum atomic E-state index is -1.66. The zero-order chi connectivity index (χ0) is 21.3. The fraction of sp³-hybridized carbons (Fsp3) is 0.364. The Hall–Kier alpha value is -3.28. The van der Waals surface area contributed by atoms with E-state index in [2.05, 4.69) is 21.8 Å². The number of carbonyl (C=O) groups excluding carboxylic acids is 2. The molecule has 30 heavy (non-hydrogen) atoms. The van der Waals surface area contributed by atoms with Crippen LogP contribution in [0.2, 0.25) is 0 Å². The van der Waals surface area contributed by atoms with E-state index in [0.29, 0.717) is 54.6 Å². The van der Waals surface area contributed by atoms with Crippen LogP contribution in [-0.2, 0) is 16.0 Å². The Morgan fingerprint density at radius 1 is 1.43 bits per heavy atom. The van der Waals surface area contributed by atoms with Gasteiger partial charge in [0.05, 0.1) is 13.2 Å². The molecule has 0 radical (unpaired) electrons. The Labute approximate surface area is 174 Å². The number of primary amides is 1. The van der Waals surface area contributed by atoms with Crippen LogP contribution in [0.3, 0.4) is 0 Å². The molecule has 2 aliphatic rings. The Kier molecular flexibility index (Phi) is 5.24. The smallest absolute Gasteiger partial charge is 0.267 e. The molecule has 3 N–H and O–H groups in total. The van der Waals surface area contributed by atoms with E-state index in [1.807, 2.05) is 0 Å². The van der Waals surface area contributed by atoms with Gasteiger partial charge in [-0.05, 0) is 18.6 Å². The average Bonchev–Trinajstić information content (AvgIpc) is 2.97. The van der Waals surface area contributed by atoms with E-state index >= 15 is 0 Å². The van der Waals surface area contributed by atoms with Gasteiger partial charge in [-0.1, -0.05) is 24.0 Å². The van der Waals surface area contributed by atoms with Crippen molar-refractivity contribution in [2.45, 2.75) is 18.4 Å². The zero-order valence-corrected chi connectivity index (χ0v) is 16.6. The number of nitrogens with zero attached hydrogens (tertiary/aromatic N) is 3.